The van der Waals surface area contributed by atoms with E-state index in [2.05, 4.69) is 18.4 Å². The third kappa shape index (κ3) is 4.17. The maximum absolute atomic E-state index is 14.3. The van der Waals surface area contributed by atoms with Crippen LogP contribution in [0.3, 0.4) is 0 Å². The number of benzene rings is 3. The molecule has 0 amide bonds. The lowest BCUT2D eigenvalue weighted by atomic mass is 10.0. The zero-order valence-corrected chi connectivity index (χ0v) is 15.5. The van der Waals surface area contributed by atoms with Gasteiger partial charge in [0.2, 0.25) is 5.82 Å². The molecule has 0 spiro atoms. The maximum Gasteiger partial charge on any atom is 0.201 e. The summed E-state index contributed by atoms with van der Waals surface area (Å²) in [6, 6.07) is 11.9. The lowest BCUT2D eigenvalue weighted by molar-refractivity contribution is 0.314. The van der Waals surface area contributed by atoms with Crippen LogP contribution < -0.4 is 4.74 Å². The molecular formula is C24H16F4O. The van der Waals surface area contributed by atoms with Gasteiger partial charge in [-0.25, -0.2) is 13.2 Å². The Morgan fingerprint density at radius 3 is 2.21 bits per heavy atom. The van der Waals surface area contributed by atoms with E-state index in [0.717, 1.165) is 0 Å². The second kappa shape index (κ2) is 8.66. The summed E-state index contributed by atoms with van der Waals surface area (Å²) < 4.78 is 61.2. The molecule has 0 bridgehead atoms. The van der Waals surface area contributed by atoms with Gasteiger partial charge in [-0.05, 0) is 42.8 Å². The monoisotopic (exact) mass is 396 g/mol. The molecule has 1 nitrogen and oxygen atoms in total. The highest BCUT2D eigenvalue weighted by Crippen LogP contribution is 2.30. The molecule has 0 heterocycles. The number of hydrogen-bond acceptors (Lipinski definition) is 1. The second-order valence-electron chi connectivity index (χ2n) is 6.03. The standard InChI is InChI=1S/C24H16F4O/c1-3-16-11-12-18(22(26)21(16)25)10-7-15-5-8-17(9-6-15)19-13-14-20(29-4-2)24(28)23(19)27/h3,5-6,8-9,11-14H,1,4H2,2H3. The fourth-order valence-electron chi connectivity index (χ4n) is 2.71. The molecule has 0 fully saturated rings. The minimum absolute atomic E-state index is 0.0574. The van der Waals surface area contributed by atoms with Gasteiger partial charge in [0, 0.05) is 16.7 Å². The first-order valence-electron chi connectivity index (χ1n) is 8.80. The largest absolute Gasteiger partial charge is 0.491 e. The summed E-state index contributed by atoms with van der Waals surface area (Å²) in [5.74, 6) is 1.05. The lowest BCUT2D eigenvalue weighted by Crippen LogP contribution is -1.98. The first-order valence-corrected chi connectivity index (χ1v) is 8.80. The van der Waals surface area contributed by atoms with Crippen LogP contribution in [0, 0.1) is 35.1 Å². The Hall–Kier alpha value is -3.52. The molecule has 0 saturated carbocycles. The van der Waals surface area contributed by atoms with Crippen molar-refractivity contribution in [3.8, 4) is 28.7 Å². The molecule has 29 heavy (non-hydrogen) atoms. The van der Waals surface area contributed by atoms with Crippen LogP contribution in [0.1, 0.15) is 23.6 Å². The van der Waals surface area contributed by atoms with Crippen molar-refractivity contribution in [2.45, 2.75) is 6.92 Å². The van der Waals surface area contributed by atoms with Gasteiger partial charge in [0.25, 0.3) is 0 Å². The molecule has 0 unspecified atom stereocenters. The fourth-order valence-corrected chi connectivity index (χ4v) is 2.71. The Morgan fingerprint density at radius 2 is 1.55 bits per heavy atom. The van der Waals surface area contributed by atoms with Crippen molar-refractivity contribution in [2.75, 3.05) is 6.61 Å². The van der Waals surface area contributed by atoms with Crippen LogP contribution in [0.2, 0.25) is 0 Å². The molecular weight excluding hydrogens is 380 g/mol. The third-order valence-electron chi connectivity index (χ3n) is 4.22. The van der Waals surface area contributed by atoms with E-state index in [4.69, 9.17) is 4.74 Å². The van der Waals surface area contributed by atoms with Crippen LogP contribution in [0.15, 0.2) is 55.1 Å². The number of ether oxygens (including phenoxy) is 1. The van der Waals surface area contributed by atoms with Crippen LogP contribution in [0.25, 0.3) is 17.2 Å². The smallest absolute Gasteiger partial charge is 0.201 e. The predicted molar refractivity (Wildman–Crippen MR) is 105 cm³/mol. The lowest BCUT2D eigenvalue weighted by Gasteiger charge is -2.09. The molecule has 0 aromatic heterocycles. The van der Waals surface area contributed by atoms with E-state index in [1.165, 1.54) is 30.3 Å². The average Bonchev–Trinajstić information content (AvgIpc) is 2.73. The Kier molecular flexibility index (Phi) is 6.04. The minimum atomic E-state index is -1.05. The topological polar surface area (TPSA) is 9.23 Å². The summed E-state index contributed by atoms with van der Waals surface area (Å²) in [5.41, 5.74) is 1.01. The van der Waals surface area contributed by atoms with E-state index in [1.807, 2.05) is 0 Å². The quantitative estimate of drug-likeness (QED) is 0.369. The van der Waals surface area contributed by atoms with Crippen LogP contribution >= 0.6 is 0 Å². The van der Waals surface area contributed by atoms with Crippen molar-refractivity contribution in [3.05, 3.63) is 95.1 Å². The fraction of sp³-hybridized carbons (Fsp3) is 0.0833. The second-order valence-corrected chi connectivity index (χ2v) is 6.03. The van der Waals surface area contributed by atoms with Gasteiger partial charge in [0.15, 0.2) is 23.2 Å². The SMILES string of the molecule is C=Cc1ccc(C#Cc2ccc(-c3ccc(OCC)c(F)c3F)cc2)c(F)c1F. The first kappa shape index (κ1) is 20.2. The van der Waals surface area contributed by atoms with Crippen molar-refractivity contribution in [3.63, 3.8) is 0 Å². The normalized spacial score (nSPS) is 10.2. The Morgan fingerprint density at radius 1 is 0.828 bits per heavy atom. The van der Waals surface area contributed by atoms with Crippen molar-refractivity contribution >= 4 is 6.08 Å². The molecule has 3 aromatic rings. The van der Waals surface area contributed by atoms with Crippen LogP contribution in [0.5, 0.6) is 5.75 Å². The van der Waals surface area contributed by atoms with Gasteiger partial charge in [-0.3, -0.25) is 0 Å². The Labute approximate surface area is 166 Å². The van der Waals surface area contributed by atoms with Crippen molar-refractivity contribution in [1.29, 1.82) is 0 Å². The van der Waals surface area contributed by atoms with Gasteiger partial charge in [-0.1, -0.05) is 42.7 Å². The first-order chi connectivity index (χ1) is 14.0. The predicted octanol–water partition coefficient (Wildman–Crippen LogP) is 6.35. The van der Waals surface area contributed by atoms with Gasteiger partial charge in [-0.15, -0.1) is 0 Å². The Bertz CT molecular complexity index is 1120. The van der Waals surface area contributed by atoms with Crippen LogP contribution in [-0.4, -0.2) is 6.61 Å². The average molecular weight is 396 g/mol. The third-order valence-corrected chi connectivity index (χ3v) is 4.22. The highest BCUT2D eigenvalue weighted by atomic mass is 19.2. The number of halogens is 4. The molecule has 0 atom stereocenters. The molecule has 0 radical (unpaired) electrons. The van der Waals surface area contributed by atoms with E-state index < -0.39 is 23.3 Å². The van der Waals surface area contributed by atoms with E-state index in [1.54, 1.807) is 31.2 Å². The van der Waals surface area contributed by atoms with Crippen molar-refractivity contribution in [1.82, 2.24) is 0 Å². The van der Waals surface area contributed by atoms with Gasteiger partial charge < -0.3 is 4.74 Å². The summed E-state index contributed by atoms with van der Waals surface area (Å²) in [7, 11) is 0. The van der Waals surface area contributed by atoms with E-state index in [0.29, 0.717) is 11.1 Å². The van der Waals surface area contributed by atoms with Crippen LogP contribution in [0.4, 0.5) is 17.6 Å². The van der Waals surface area contributed by atoms with E-state index in [-0.39, 0.29) is 29.0 Å². The van der Waals surface area contributed by atoms with Gasteiger partial charge in [0.1, 0.15) is 0 Å². The van der Waals surface area contributed by atoms with Gasteiger partial charge >= 0.3 is 0 Å². The van der Waals surface area contributed by atoms with Crippen LogP contribution in [-0.2, 0) is 0 Å². The molecule has 0 aliphatic rings. The van der Waals surface area contributed by atoms with Crippen molar-refractivity contribution < 1.29 is 22.3 Å². The molecule has 3 aromatic carbocycles. The summed E-state index contributed by atoms with van der Waals surface area (Å²) in [5, 5.41) is 0. The zero-order chi connectivity index (χ0) is 21.0. The van der Waals surface area contributed by atoms with Crippen molar-refractivity contribution in [2.24, 2.45) is 0 Å². The minimum Gasteiger partial charge on any atom is -0.491 e. The van der Waals surface area contributed by atoms with Gasteiger partial charge in [-0.2, -0.15) is 4.39 Å². The summed E-state index contributed by atoms with van der Waals surface area (Å²) in [4.78, 5) is 0. The van der Waals surface area contributed by atoms with E-state index in [9.17, 15) is 17.6 Å². The number of hydrogen-bond donors (Lipinski definition) is 0. The molecule has 0 N–H and O–H groups in total. The maximum atomic E-state index is 14.3. The highest BCUT2D eigenvalue weighted by Gasteiger charge is 2.15. The molecule has 0 saturated heterocycles. The molecule has 5 heteroatoms. The van der Waals surface area contributed by atoms with Gasteiger partial charge in [0.05, 0.1) is 12.2 Å². The summed E-state index contributed by atoms with van der Waals surface area (Å²) >= 11 is 0. The van der Waals surface area contributed by atoms with E-state index >= 15 is 0 Å². The molecule has 3 rings (SSSR count). The summed E-state index contributed by atoms with van der Waals surface area (Å²) in [6.45, 7) is 5.32. The summed E-state index contributed by atoms with van der Waals surface area (Å²) in [6.07, 6.45) is 1.22. The highest BCUT2D eigenvalue weighted by molar-refractivity contribution is 5.66. The molecule has 146 valence electrons. The number of rotatable bonds is 4. The molecule has 0 aliphatic heterocycles. The zero-order valence-electron chi connectivity index (χ0n) is 15.5. The molecule has 0 aliphatic carbocycles. The Balaban J connectivity index is 1.88.